The van der Waals surface area contributed by atoms with Gasteiger partial charge in [-0.15, -0.1) is 33.3 Å². The first-order valence-electron chi connectivity index (χ1n) is 11.5. The summed E-state index contributed by atoms with van der Waals surface area (Å²) in [7, 11) is 0. The molecular weight excluding hydrogens is 656 g/mol. The minimum absolute atomic E-state index is 0.0245. The molecule has 0 bridgehead atoms. The molecule has 3 N–H and O–H groups in total. The molecule has 1 saturated heterocycles. The van der Waals surface area contributed by atoms with Crippen molar-refractivity contribution in [3.05, 3.63) is 28.1 Å². The average molecular weight is 679 g/mol. The van der Waals surface area contributed by atoms with Gasteiger partial charge in [0.05, 0.1) is 11.3 Å². The number of fused-ring (bicyclic) bond motifs is 1. The van der Waals surface area contributed by atoms with Crippen molar-refractivity contribution in [3.63, 3.8) is 0 Å². The number of thiazole rings is 1. The first kappa shape index (κ1) is 31.4. The number of β-lactam (4-membered cyclic amide) rings is 1. The summed E-state index contributed by atoms with van der Waals surface area (Å²) in [5, 5.41) is 23.7. The fraction of sp³-hybridized carbons (Fsp3) is 0.409. The number of amides is 3. The second-order valence-corrected chi connectivity index (χ2v) is 14.6. The molecule has 19 heteroatoms. The molecule has 1 unspecified atom stereocenters. The highest BCUT2D eigenvalue weighted by molar-refractivity contribution is 8.03. The number of halogens is 1. The average Bonchev–Trinajstić information content (AvgIpc) is 3.54. The van der Waals surface area contributed by atoms with Crippen LogP contribution in [0.15, 0.2) is 31.1 Å². The third-order valence-electron chi connectivity index (χ3n) is 5.14. The Labute approximate surface area is 259 Å². The highest BCUT2D eigenvalue weighted by Gasteiger charge is 2.54. The Morgan fingerprint density at radius 3 is 2.66 bits per heavy atom. The van der Waals surface area contributed by atoms with Crippen LogP contribution in [0.3, 0.4) is 0 Å². The number of anilines is 1. The van der Waals surface area contributed by atoms with Gasteiger partial charge in [0.25, 0.3) is 11.8 Å². The largest absolute Gasteiger partial charge is 0.512 e. The van der Waals surface area contributed by atoms with Crippen LogP contribution in [0.1, 0.15) is 26.5 Å². The van der Waals surface area contributed by atoms with Gasteiger partial charge in [-0.05, 0) is 27.0 Å². The summed E-state index contributed by atoms with van der Waals surface area (Å²) in [6.45, 7) is 5.17. The topological polar surface area (TPSA) is 173 Å². The summed E-state index contributed by atoms with van der Waals surface area (Å²) in [5.74, 6) is -0.554. The molecule has 2 aliphatic heterocycles. The van der Waals surface area contributed by atoms with E-state index in [4.69, 9.17) is 21.1 Å². The van der Waals surface area contributed by atoms with Crippen LogP contribution in [0.4, 0.5) is 14.7 Å². The number of thioether (sulfide) groups is 3. The number of rotatable bonds is 9. The SMILES string of the molecule is CSc1nnc(SCC2=C(OC(=O)O)N3C(=O)C(NC(=O)C(=CCl)c4csc(NC(=O)OC(C)(C)C)n4)[C@@H]3SC2)s1. The van der Waals surface area contributed by atoms with Crippen LogP contribution < -0.4 is 10.6 Å². The maximum atomic E-state index is 13.1. The fourth-order valence-electron chi connectivity index (χ4n) is 3.48. The molecule has 0 aliphatic carbocycles. The Morgan fingerprint density at radius 1 is 1.29 bits per heavy atom. The molecule has 4 heterocycles. The number of ether oxygens (including phenoxy) is 2. The van der Waals surface area contributed by atoms with Gasteiger partial charge in [-0.1, -0.05) is 46.5 Å². The summed E-state index contributed by atoms with van der Waals surface area (Å²) in [6.07, 6.45) is -0.365. The van der Waals surface area contributed by atoms with E-state index in [1.807, 2.05) is 6.26 Å². The van der Waals surface area contributed by atoms with Crippen molar-refractivity contribution in [2.75, 3.05) is 23.1 Å². The van der Waals surface area contributed by atoms with Crippen LogP contribution in [-0.2, 0) is 19.1 Å². The van der Waals surface area contributed by atoms with Crippen molar-refractivity contribution in [1.29, 1.82) is 0 Å². The second kappa shape index (κ2) is 13.2. The van der Waals surface area contributed by atoms with Gasteiger partial charge in [-0.25, -0.2) is 14.6 Å². The number of nitrogens with zero attached hydrogens (tertiary/aromatic N) is 4. The Morgan fingerprint density at radius 2 is 2.02 bits per heavy atom. The van der Waals surface area contributed by atoms with Crippen LogP contribution in [0.25, 0.3) is 5.57 Å². The zero-order valence-electron chi connectivity index (χ0n) is 21.8. The lowest BCUT2D eigenvalue weighted by Crippen LogP contribution is -2.70. The number of carbonyl (C=O) groups is 4. The van der Waals surface area contributed by atoms with Crippen molar-refractivity contribution < 1.29 is 33.8 Å². The van der Waals surface area contributed by atoms with Crippen molar-refractivity contribution >= 4 is 104 Å². The fourth-order valence-corrected chi connectivity index (χ4v) is 8.28. The monoisotopic (exact) mass is 678 g/mol. The van der Waals surface area contributed by atoms with Crippen molar-refractivity contribution in [3.8, 4) is 0 Å². The van der Waals surface area contributed by atoms with Gasteiger partial charge < -0.3 is 19.9 Å². The number of aromatic nitrogens is 3. The van der Waals surface area contributed by atoms with E-state index in [9.17, 15) is 24.3 Å². The maximum Gasteiger partial charge on any atom is 0.512 e. The Balaban J connectivity index is 1.42. The number of carbonyl (C=O) groups excluding carboxylic acids is 3. The molecule has 220 valence electrons. The number of hydrogen-bond acceptors (Lipinski definition) is 14. The zero-order chi connectivity index (χ0) is 29.9. The molecular formula is C22H23ClN6O7S5. The Hall–Kier alpha value is -2.51. The first-order chi connectivity index (χ1) is 19.4. The molecule has 0 saturated carbocycles. The van der Waals surface area contributed by atoms with E-state index in [2.05, 4.69) is 25.8 Å². The minimum atomic E-state index is -1.55. The molecule has 2 aromatic rings. The van der Waals surface area contributed by atoms with Crippen molar-refractivity contribution in [2.24, 2.45) is 0 Å². The Bertz CT molecular complexity index is 1420. The second-order valence-electron chi connectivity index (χ2n) is 9.15. The number of hydrogen-bond donors (Lipinski definition) is 3. The summed E-state index contributed by atoms with van der Waals surface area (Å²) >= 11 is 12.6. The van der Waals surface area contributed by atoms with E-state index in [0.29, 0.717) is 21.4 Å². The van der Waals surface area contributed by atoms with E-state index in [1.54, 1.807) is 20.8 Å². The summed E-state index contributed by atoms with van der Waals surface area (Å²) in [4.78, 5) is 55.1. The van der Waals surface area contributed by atoms with E-state index in [0.717, 1.165) is 21.2 Å². The molecule has 0 spiro atoms. The molecule has 4 rings (SSSR count). The van der Waals surface area contributed by atoms with Crippen LogP contribution in [0.5, 0.6) is 0 Å². The molecule has 0 aromatic carbocycles. The quantitative estimate of drug-likeness (QED) is 0.144. The van der Waals surface area contributed by atoms with Crippen LogP contribution in [0, 0.1) is 0 Å². The van der Waals surface area contributed by atoms with Crippen LogP contribution in [0.2, 0.25) is 0 Å². The van der Waals surface area contributed by atoms with Gasteiger partial charge in [-0.2, -0.15) is 0 Å². The molecule has 41 heavy (non-hydrogen) atoms. The number of nitrogens with one attached hydrogen (secondary N) is 2. The molecule has 2 aliphatic rings. The third-order valence-corrected chi connectivity index (χ3v) is 10.6. The lowest BCUT2D eigenvalue weighted by atomic mass is 10.1. The lowest BCUT2D eigenvalue weighted by molar-refractivity contribution is -0.148. The maximum absolute atomic E-state index is 13.1. The van der Waals surface area contributed by atoms with Gasteiger partial charge >= 0.3 is 12.2 Å². The van der Waals surface area contributed by atoms with Crippen molar-refractivity contribution in [2.45, 2.75) is 46.5 Å². The Kier molecular flexibility index (Phi) is 10.1. The van der Waals surface area contributed by atoms with E-state index >= 15 is 0 Å². The van der Waals surface area contributed by atoms with Gasteiger partial charge in [0.1, 0.15) is 17.0 Å². The van der Waals surface area contributed by atoms with Crippen LogP contribution in [-0.4, -0.2) is 84.0 Å². The molecule has 2 atom stereocenters. The van der Waals surface area contributed by atoms with Gasteiger partial charge in [0.15, 0.2) is 13.8 Å². The zero-order valence-corrected chi connectivity index (χ0v) is 26.7. The number of carboxylic acid groups (broad SMARTS) is 1. The first-order valence-corrected chi connectivity index (χ1v) is 16.9. The van der Waals surface area contributed by atoms with E-state index in [1.165, 1.54) is 56.9 Å². The highest BCUT2D eigenvalue weighted by atomic mass is 35.5. The summed E-state index contributed by atoms with van der Waals surface area (Å²) in [6, 6.07) is -0.953. The van der Waals surface area contributed by atoms with Gasteiger partial charge in [-0.3, -0.25) is 19.8 Å². The predicted molar refractivity (Wildman–Crippen MR) is 159 cm³/mol. The standard InChI is InChI=1S/C22H23ClN6O7S5/c1-22(2,3)36-18(32)26-17-24-11(8-39-17)10(5-23)13(30)25-12-14(31)29-15(35-21(33)34)9(6-38-16(12)29)7-40-20-28-27-19(37-4)41-20/h5,8,12,16H,6-7H2,1-4H3,(H,25,30)(H,33,34)(H,24,26,32)/t12?,16-/m0/s1. The normalized spacial score (nSPS) is 18.9. The van der Waals surface area contributed by atoms with E-state index in [-0.39, 0.29) is 22.3 Å². The third kappa shape index (κ3) is 7.66. The summed E-state index contributed by atoms with van der Waals surface area (Å²) < 4.78 is 11.7. The van der Waals surface area contributed by atoms with Gasteiger partial charge in [0, 0.05) is 28.0 Å². The molecule has 1 fully saturated rings. The molecule has 2 aromatic heterocycles. The molecule has 3 amide bonds. The molecule has 0 radical (unpaired) electrons. The smallest absolute Gasteiger partial charge is 0.449 e. The van der Waals surface area contributed by atoms with Crippen LogP contribution >= 0.6 is 69.6 Å². The molecule has 13 nitrogen and oxygen atoms in total. The van der Waals surface area contributed by atoms with Gasteiger partial charge in [0.2, 0.25) is 5.88 Å². The highest BCUT2D eigenvalue weighted by Crippen LogP contribution is 2.42. The van der Waals surface area contributed by atoms with E-state index < -0.39 is 41.1 Å². The van der Waals surface area contributed by atoms with Crippen molar-refractivity contribution in [1.82, 2.24) is 25.4 Å². The lowest BCUT2D eigenvalue weighted by Gasteiger charge is -2.49. The summed E-state index contributed by atoms with van der Waals surface area (Å²) in [5.41, 5.74) is 1.09. The minimum Gasteiger partial charge on any atom is -0.449 e. The predicted octanol–water partition coefficient (Wildman–Crippen LogP) is 4.74.